The van der Waals surface area contributed by atoms with Gasteiger partial charge in [-0.15, -0.1) is 0 Å². The lowest BCUT2D eigenvalue weighted by atomic mass is 9.90. The van der Waals surface area contributed by atoms with Gasteiger partial charge in [0.25, 0.3) is 0 Å². The SMILES string of the molecule is CO/N=C1/CC(C(=O)NCc2ccccc2)N(C(=O)C(c2ccccc2)c2ccccc2)C1. The third kappa shape index (κ3) is 5.29. The van der Waals surface area contributed by atoms with Gasteiger partial charge in [-0.2, -0.15) is 0 Å². The molecule has 1 atom stereocenters. The lowest BCUT2D eigenvalue weighted by Gasteiger charge is -2.28. The summed E-state index contributed by atoms with van der Waals surface area (Å²) in [6.45, 7) is 0.655. The number of hydrogen-bond acceptors (Lipinski definition) is 4. The average Bonchev–Trinajstić information content (AvgIpc) is 3.29. The van der Waals surface area contributed by atoms with E-state index < -0.39 is 12.0 Å². The molecule has 0 saturated carbocycles. The van der Waals surface area contributed by atoms with Gasteiger partial charge in [0.2, 0.25) is 11.8 Å². The summed E-state index contributed by atoms with van der Waals surface area (Å²) in [6.07, 6.45) is 0.344. The van der Waals surface area contributed by atoms with Crippen LogP contribution in [0.2, 0.25) is 0 Å². The molecule has 1 unspecified atom stereocenters. The third-order valence-electron chi connectivity index (χ3n) is 5.79. The summed E-state index contributed by atoms with van der Waals surface area (Å²) in [5.74, 6) is -0.847. The maximum absolute atomic E-state index is 13.9. The molecule has 1 aliphatic rings. The lowest BCUT2D eigenvalue weighted by Crippen LogP contribution is -2.47. The van der Waals surface area contributed by atoms with E-state index in [9.17, 15) is 9.59 Å². The number of likely N-dealkylation sites (tertiary alicyclic amines) is 1. The number of benzene rings is 3. The van der Waals surface area contributed by atoms with Crippen molar-refractivity contribution in [2.24, 2.45) is 5.16 Å². The van der Waals surface area contributed by atoms with Crippen molar-refractivity contribution in [2.75, 3.05) is 13.7 Å². The third-order valence-corrected chi connectivity index (χ3v) is 5.79. The standard InChI is InChI=1S/C27H27N3O3/c1-33-29-23-17-24(26(31)28-18-20-11-5-2-6-12-20)30(19-23)27(32)25(21-13-7-3-8-14-21)22-15-9-4-10-16-22/h2-16,24-25H,17-19H2,1H3,(H,28,31)/b29-23-. The van der Waals surface area contributed by atoms with Gasteiger partial charge >= 0.3 is 0 Å². The van der Waals surface area contributed by atoms with Crippen LogP contribution < -0.4 is 5.32 Å². The van der Waals surface area contributed by atoms with Crippen LogP contribution in [0.1, 0.15) is 29.0 Å². The second-order valence-corrected chi connectivity index (χ2v) is 7.98. The Kier molecular flexibility index (Phi) is 7.15. The van der Waals surface area contributed by atoms with E-state index in [0.29, 0.717) is 18.7 Å². The van der Waals surface area contributed by atoms with Crippen molar-refractivity contribution < 1.29 is 14.4 Å². The van der Waals surface area contributed by atoms with Gasteiger partial charge in [-0.3, -0.25) is 9.59 Å². The van der Waals surface area contributed by atoms with Crippen LogP contribution in [0.3, 0.4) is 0 Å². The maximum atomic E-state index is 13.9. The molecule has 6 nitrogen and oxygen atoms in total. The first-order valence-electron chi connectivity index (χ1n) is 11.0. The number of carbonyl (C=O) groups excluding carboxylic acids is 2. The normalized spacial score (nSPS) is 16.7. The second-order valence-electron chi connectivity index (χ2n) is 7.98. The summed E-state index contributed by atoms with van der Waals surface area (Å²) in [4.78, 5) is 33.7. The van der Waals surface area contributed by atoms with Crippen LogP contribution in [0.15, 0.2) is 96.2 Å². The van der Waals surface area contributed by atoms with E-state index in [-0.39, 0.29) is 18.4 Å². The van der Waals surface area contributed by atoms with Crippen molar-refractivity contribution in [1.82, 2.24) is 10.2 Å². The van der Waals surface area contributed by atoms with E-state index in [1.165, 1.54) is 7.11 Å². The number of nitrogens with zero attached hydrogens (tertiary/aromatic N) is 2. The Hall–Kier alpha value is -3.93. The van der Waals surface area contributed by atoms with Crippen LogP contribution in [0.25, 0.3) is 0 Å². The minimum atomic E-state index is -0.648. The molecule has 33 heavy (non-hydrogen) atoms. The fourth-order valence-electron chi connectivity index (χ4n) is 4.20. The highest BCUT2D eigenvalue weighted by Gasteiger charge is 2.41. The second kappa shape index (κ2) is 10.6. The van der Waals surface area contributed by atoms with Gasteiger partial charge in [-0.25, -0.2) is 0 Å². The molecular weight excluding hydrogens is 414 g/mol. The van der Waals surface area contributed by atoms with Gasteiger partial charge in [0.15, 0.2) is 0 Å². The molecule has 1 aliphatic heterocycles. The molecule has 0 spiro atoms. The maximum Gasteiger partial charge on any atom is 0.243 e. The zero-order valence-corrected chi connectivity index (χ0v) is 18.6. The lowest BCUT2D eigenvalue weighted by molar-refractivity contribution is -0.138. The highest BCUT2D eigenvalue weighted by molar-refractivity contribution is 6.02. The number of hydrogen-bond donors (Lipinski definition) is 1. The number of oxime groups is 1. The number of rotatable bonds is 7. The van der Waals surface area contributed by atoms with Crippen LogP contribution in [0, 0.1) is 0 Å². The van der Waals surface area contributed by atoms with Crippen molar-refractivity contribution in [1.29, 1.82) is 0 Å². The Morgan fingerprint density at radius 3 is 2.03 bits per heavy atom. The molecule has 1 fully saturated rings. The van der Waals surface area contributed by atoms with E-state index >= 15 is 0 Å². The zero-order valence-electron chi connectivity index (χ0n) is 18.6. The predicted octanol–water partition coefficient (Wildman–Crippen LogP) is 3.74. The fourth-order valence-corrected chi connectivity index (χ4v) is 4.20. The first kappa shape index (κ1) is 22.3. The van der Waals surface area contributed by atoms with Gasteiger partial charge in [-0.05, 0) is 16.7 Å². The van der Waals surface area contributed by atoms with Crippen molar-refractivity contribution in [2.45, 2.75) is 24.9 Å². The van der Waals surface area contributed by atoms with Gasteiger partial charge in [-0.1, -0.05) is 96.2 Å². The molecule has 1 saturated heterocycles. The largest absolute Gasteiger partial charge is 0.399 e. The van der Waals surface area contributed by atoms with Gasteiger partial charge in [0, 0.05) is 13.0 Å². The topological polar surface area (TPSA) is 71.0 Å². The smallest absolute Gasteiger partial charge is 0.243 e. The molecule has 3 aromatic carbocycles. The van der Waals surface area contributed by atoms with Crippen LogP contribution in [0.5, 0.6) is 0 Å². The summed E-state index contributed by atoms with van der Waals surface area (Å²) in [7, 11) is 1.47. The first-order chi connectivity index (χ1) is 16.2. The van der Waals surface area contributed by atoms with Crippen LogP contribution in [-0.2, 0) is 21.0 Å². The molecule has 168 valence electrons. The summed E-state index contributed by atoms with van der Waals surface area (Å²) < 4.78 is 0. The molecule has 6 heteroatoms. The molecule has 3 aromatic rings. The molecule has 2 amide bonds. The molecular formula is C27H27N3O3. The Labute approximate surface area is 193 Å². The first-order valence-corrected chi connectivity index (χ1v) is 11.0. The number of nitrogens with one attached hydrogen (secondary N) is 1. The highest BCUT2D eigenvalue weighted by Crippen LogP contribution is 2.30. The summed E-state index contributed by atoms with van der Waals surface area (Å²) in [5, 5.41) is 7.03. The van der Waals surface area contributed by atoms with E-state index in [1.54, 1.807) is 4.90 Å². The van der Waals surface area contributed by atoms with Crippen LogP contribution >= 0.6 is 0 Å². The van der Waals surface area contributed by atoms with Crippen LogP contribution in [-0.4, -0.2) is 42.1 Å². The zero-order chi connectivity index (χ0) is 23.0. The molecule has 0 radical (unpaired) electrons. The quantitative estimate of drug-likeness (QED) is 0.568. The predicted molar refractivity (Wildman–Crippen MR) is 128 cm³/mol. The number of amides is 2. The van der Waals surface area contributed by atoms with E-state index in [0.717, 1.165) is 16.7 Å². The summed E-state index contributed by atoms with van der Waals surface area (Å²) in [5.41, 5.74) is 3.44. The molecule has 0 bridgehead atoms. The molecule has 1 N–H and O–H groups in total. The minimum absolute atomic E-state index is 0.131. The van der Waals surface area contributed by atoms with Crippen molar-refractivity contribution in [3.8, 4) is 0 Å². The molecule has 0 aliphatic carbocycles. The van der Waals surface area contributed by atoms with Gasteiger partial charge in [0.1, 0.15) is 13.2 Å². The van der Waals surface area contributed by atoms with Gasteiger partial charge in [0.05, 0.1) is 18.2 Å². The van der Waals surface area contributed by atoms with E-state index in [4.69, 9.17) is 4.84 Å². The minimum Gasteiger partial charge on any atom is -0.399 e. The monoisotopic (exact) mass is 441 g/mol. The molecule has 4 rings (SSSR count). The highest BCUT2D eigenvalue weighted by atomic mass is 16.6. The summed E-state index contributed by atoms with van der Waals surface area (Å²) in [6, 6.07) is 28.4. The Morgan fingerprint density at radius 2 is 1.48 bits per heavy atom. The van der Waals surface area contributed by atoms with E-state index in [1.807, 2.05) is 91.0 Å². The number of carbonyl (C=O) groups is 2. The molecule has 0 aromatic heterocycles. The average molecular weight is 442 g/mol. The summed E-state index contributed by atoms with van der Waals surface area (Å²) >= 11 is 0. The van der Waals surface area contributed by atoms with Gasteiger partial charge < -0.3 is 15.1 Å². The van der Waals surface area contributed by atoms with Crippen molar-refractivity contribution >= 4 is 17.5 Å². The van der Waals surface area contributed by atoms with Crippen LogP contribution in [0.4, 0.5) is 0 Å². The Balaban J connectivity index is 1.61. The Morgan fingerprint density at radius 1 is 0.939 bits per heavy atom. The van der Waals surface area contributed by atoms with Crippen molar-refractivity contribution in [3.05, 3.63) is 108 Å². The van der Waals surface area contributed by atoms with Crippen molar-refractivity contribution in [3.63, 3.8) is 0 Å². The fraction of sp³-hybridized carbons (Fsp3) is 0.222. The molecule has 1 heterocycles. The Bertz CT molecular complexity index is 1060. The van der Waals surface area contributed by atoms with E-state index in [2.05, 4.69) is 10.5 Å².